The third-order valence-electron chi connectivity index (χ3n) is 7.98. The topological polar surface area (TPSA) is 72.8 Å². The van der Waals surface area contributed by atoms with Gasteiger partial charge in [-0.25, -0.2) is 0 Å². The first-order chi connectivity index (χ1) is 23.6. The smallest absolute Gasteiger partial charge is 0.306 e. The van der Waals surface area contributed by atoms with Gasteiger partial charge in [-0.1, -0.05) is 151 Å². The summed E-state index contributed by atoms with van der Waals surface area (Å²) in [7, 11) is 0. The maximum Gasteiger partial charge on any atom is 0.306 e. The molecule has 0 rings (SSSR count). The van der Waals surface area contributed by atoms with Crippen molar-refractivity contribution >= 4 is 11.9 Å². The Kier molecular flexibility index (Phi) is 36.6. The average molecular weight is 669 g/mol. The number of carbonyl (C=O) groups excluding carboxylic acids is 2. The van der Waals surface area contributed by atoms with Crippen LogP contribution in [0.25, 0.3) is 0 Å². The third-order valence-corrected chi connectivity index (χ3v) is 7.98. The van der Waals surface area contributed by atoms with E-state index < -0.39 is 6.10 Å². The van der Waals surface area contributed by atoms with Gasteiger partial charge in [-0.05, 0) is 77.0 Å². The minimum atomic E-state index is -0.805. The number of ether oxygens (including phenoxy) is 2. The molecule has 0 aromatic heterocycles. The van der Waals surface area contributed by atoms with E-state index in [2.05, 4.69) is 86.8 Å². The highest BCUT2D eigenvalue weighted by Crippen LogP contribution is 2.12. The molecule has 0 saturated carbocycles. The Balaban J connectivity index is 3.68. The molecule has 5 heteroatoms. The molecule has 0 spiro atoms. The lowest BCUT2D eigenvalue weighted by Gasteiger charge is -2.15. The molecule has 0 radical (unpaired) electrons. The minimum Gasteiger partial charge on any atom is -0.462 e. The Labute approximate surface area is 295 Å². The van der Waals surface area contributed by atoms with Crippen molar-refractivity contribution in [1.29, 1.82) is 0 Å². The van der Waals surface area contributed by atoms with Crippen LogP contribution in [0.5, 0.6) is 0 Å². The van der Waals surface area contributed by atoms with Crippen molar-refractivity contribution in [1.82, 2.24) is 0 Å². The quantitative estimate of drug-likeness (QED) is 0.0420. The van der Waals surface area contributed by atoms with Crippen LogP contribution in [-0.4, -0.2) is 36.4 Å². The fraction of sp³-hybridized carbons (Fsp3) is 0.674. The number of aliphatic hydroxyl groups excluding tert-OH is 1. The second-order valence-electron chi connectivity index (χ2n) is 12.6. The largest absolute Gasteiger partial charge is 0.462 e. The van der Waals surface area contributed by atoms with Crippen LogP contribution in [-0.2, 0) is 19.1 Å². The van der Waals surface area contributed by atoms with Gasteiger partial charge in [0.25, 0.3) is 0 Å². The van der Waals surface area contributed by atoms with Crippen LogP contribution >= 0.6 is 0 Å². The molecule has 0 amide bonds. The molecule has 0 aromatic rings. The molecular weight excluding hydrogens is 596 g/mol. The zero-order chi connectivity index (χ0) is 35.0. The number of rotatable bonds is 34. The number of hydrogen-bond acceptors (Lipinski definition) is 5. The van der Waals surface area contributed by atoms with Gasteiger partial charge in [0.2, 0.25) is 0 Å². The molecule has 274 valence electrons. The fourth-order valence-corrected chi connectivity index (χ4v) is 5.05. The summed E-state index contributed by atoms with van der Waals surface area (Å²) in [6, 6.07) is 0. The molecule has 1 N–H and O–H groups in total. The lowest BCUT2D eigenvalue weighted by molar-refractivity contribution is -0.161. The van der Waals surface area contributed by atoms with Gasteiger partial charge in [-0.15, -0.1) is 0 Å². The Morgan fingerprint density at radius 2 is 0.917 bits per heavy atom. The Bertz CT molecular complexity index is 895. The summed E-state index contributed by atoms with van der Waals surface area (Å²) in [5.41, 5.74) is 0. The van der Waals surface area contributed by atoms with Crippen molar-refractivity contribution in [2.75, 3.05) is 13.2 Å². The fourth-order valence-electron chi connectivity index (χ4n) is 5.05. The van der Waals surface area contributed by atoms with Crippen molar-refractivity contribution in [2.24, 2.45) is 0 Å². The number of unbranched alkanes of at least 4 members (excludes halogenated alkanes) is 14. The van der Waals surface area contributed by atoms with Gasteiger partial charge >= 0.3 is 11.9 Å². The van der Waals surface area contributed by atoms with Gasteiger partial charge in [0.1, 0.15) is 6.61 Å². The van der Waals surface area contributed by atoms with E-state index in [1.165, 1.54) is 77.0 Å². The molecule has 0 aromatic carbocycles. The van der Waals surface area contributed by atoms with Gasteiger partial charge in [-0.3, -0.25) is 9.59 Å². The van der Waals surface area contributed by atoms with E-state index in [0.717, 1.165) is 57.8 Å². The summed E-state index contributed by atoms with van der Waals surface area (Å²) in [6.07, 6.45) is 51.1. The SMILES string of the molecule is CCC=CCC=CCC=CCC=CCC=CCCCC(=O)OC(CO)COC(=O)CCCCCCCCCC=CCCCCCCCC. The summed E-state index contributed by atoms with van der Waals surface area (Å²) in [6.45, 7) is 3.96. The number of carbonyl (C=O) groups is 2. The van der Waals surface area contributed by atoms with Crippen molar-refractivity contribution < 1.29 is 24.2 Å². The first kappa shape index (κ1) is 45.3. The Morgan fingerprint density at radius 3 is 1.44 bits per heavy atom. The predicted molar refractivity (Wildman–Crippen MR) is 205 cm³/mol. The van der Waals surface area contributed by atoms with Crippen LogP contribution in [0.15, 0.2) is 72.9 Å². The highest BCUT2D eigenvalue weighted by atomic mass is 16.6. The van der Waals surface area contributed by atoms with E-state index in [0.29, 0.717) is 12.8 Å². The molecule has 1 atom stereocenters. The van der Waals surface area contributed by atoms with Crippen molar-refractivity contribution in [3.05, 3.63) is 72.9 Å². The molecule has 0 aliphatic rings. The third kappa shape index (κ3) is 36.2. The summed E-state index contributed by atoms with van der Waals surface area (Å²) in [5, 5.41) is 9.54. The van der Waals surface area contributed by atoms with Crippen molar-refractivity contribution in [3.63, 3.8) is 0 Å². The van der Waals surface area contributed by atoms with Crippen LogP contribution in [0.2, 0.25) is 0 Å². The lowest BCUT2D eigenvalue weighted by atomic mass is 10.1. The summed E-state index contributed by atoms with van der Waals surface area (Å²) >= 11 is 0. The van der Waals surface area contributed by atoms with E-state index in [4.69, 9.17) is 9.47 Å². The number of hydrogen-bond donors (Lipinski definition) is 1. The second-order valence-corrected chi connectivity index (χ2v) is 12.6. The highest BCUT2D eigenvalue weighted by Gasteiger charge is 2.15. The molecule has 0 heterocycles. The average Bonchev–Trinajstić information content (AvgIpc) is 3.09. The van der Waals surface area contributed by atoms with Crippen molar-refractivity contribution in [3.8, 4) is 0 Å². The molecular formula is C43H72O5. The zero-order valence-electron chi connectivity index (χ0n) is 31.0. The molecule has 0 bridgehead atoms. The molecule has 0 aliphatic carbocycles. The van der Waals surface area contributed by atoms with Crippen LogP contribution in [0.4, 0.5) is 0 Å². The molecule has 0 saturated heterocycles. The normalized spacial score (nSPS) is 13.0. The monoisotopic (exact) mass is 669 g/mol. The maximum absolute atomic E-state index is 12.1. The minimum absolute atomic E-state index is 0.0940. The van der Waals surface area contributed by atoms with Gasteiger partial charge in [0.15, 0.2) is 6.10 Å². The molecule has 1 unspecified atom stereocenters. The van der Waals surface area contributed by atoms with E-state index in [-0.39, 0.29) is 31.6 Å². The van der Waals surface area contributed by atoms with E-state index in [1.54, 1.807) is 0 Å². The highest BCUT2D eigenvalue weighted by molar-refractivity contribution is 5.70. The van der Waals surface area contributed by atoms with Crippen molar-refractivity contribution in [2.45, 2.75) is 174 Å². The number of allylic oxidation sites excluding steroid dienone is 12. The van der Waals surface area contributed by atoms with E-state index in [9.17, 15) is 14.7 Å². The van der Waals surface area contributed by atoms with Crippen LogP contribution in [0.1, 0.15) is 168 Å². The van der Waals surface area contributed by atoms with Gasteiger partial charge in [0.05, 0.1) is 6.61 Å². The molecule has 48 heavy (non-hydrogen) atoms. The van der Waals surface area contributed by atoms with E-state index in [1.807, 2.05) is 0 Å². The molecule has 0 fully saturated rings. The first-order valence-electron chi connectivity index (χ1n) is 19.5. The summed E-state index contributed by atoms with van der Waals surface area (Å²) in [4.78, 5) is 24.2. The van der Waals surface area contributed by atoms with Crippen LogP contribution in [0.3, 0.4) is 0 Å². The van der Waals surface area contributed by atoms with Gasteiger partial charge in [0, 0.05) is 12.8 Å². The zero-order valence-corrected chi connectivity index (χ0v) is 31.0. The van der Waals surface area contributed by atoms with Crippen LogP contribution < -0.4 is 0 Å². The van der Waals surface area contributed by atoms with Gasteiger partial charge in [-0.2, -0.15) is 0 Å². The maximum atomic E-state index is 12.1. The summed E-state index contributed by atoms with van der Waals surface area (Å²) < 4.78 is 10.6. The second kappa shape index (κ2) is 38.8. The number of esters is 2. The molecule has 0 aliphatic heterocycles. The number of aliphatic hydroxyl groups is 1. The van der Waals surface area contributed by atoms with E-state index >= 15 is 0 Å². The van der Waals surface area contributed by atoms with Crippen LogP contribution in [0, 0.1) is 0 Å². The van der Waals surface area contributed by atoms with Gasteiger partial charge < -0.3 is 14.6 Å². The Hall–Kier alpha value is -2.66. The molecule has 5 nitrogen and oxygen atoms in total. The predicted octanol–water partition coefficient (Wildman–Crippen LogP) is 12.2. The lowest BCUT2D eigenvalue weighted by Crippen LogP contribution is -2.28. The standard InChI is InChI=1S/C43H72O5/c1-3-5-7-9-11-13-15-17-19-21-23-25-27-29-31-33-35-37-42(45)47-40-41(39-44)48-43(46)38-36-34-32-30-28-26-24-22-20-18-16-14-12-10-8-6-4-2/h6,8,12,14,17-20,24,26,30,32,41,44H,3-5,7,9-11,13,15-16,21-23,25,27-29,31,33-40H2,1-2H3. The Morgan fingerprint density at radius 1 is 0.500 bits per heavy atom. The first-order valence-corrected chi connectivity index (χ1v) is 19.5. The summed E-state index contributed by atoms with van der Waals surface area (Å²) in [5.74, 6) is -0.669.